The second-order valence-electron chi connectivity index (χ2n) is 5.90. The van der Waals surface area contributed by atoms with Gasteiger partial charge in [0.05, 0.1) is 13.7 Å². The van der Waals surface area contributed by atoms with E-state index in [1.54, 1.807) is 12.0 Å². The molecule has 0 saturated carbocycles. The molecule has 0 aliphatic heterocycles. The highest BCUT2D eigenvalue weighted by molar-refractivity contribution is 6.30. The number of halogens is 1. The number of carbonyl (C=O) groups is 1. The van der Waals surface area contributed by atoms with Gasteiger partial charge in [-0.25, -0.2) is 0 Å². The molecule has 0 heterocycles. The summed E-state index contributed by atoms with van der Waals surface area (Å²) in [5, 5.41) is 0.712. The summed E-state index contributed by atoms with van der Waals surface area (Å²) in [5.41, 5.74) is 2.17. The molecule has 0 atom stereocenters. The summed E-state index contributed by atoms with van der Waals surface area (Å²) in [4.78, 5) is 16.1. The number of likely N-dealkylation sites (N-methyl/N-ethyl adjacent to an activating group) is 2. The Balaban J connectivity index is 1.85. The number of rotatable bonds is 7. The van der Waals surface area contributed by atoms with Gasteiger partial charge in [-0.3, -0.25) is 9.69 Å². The van der Waals surface area contributed by atoms with Gasteiger partial charge in [-0.15, -0.1) is 0 Å². The zero-order valence-corrected chi connectivity index (χ0v) is 15.1. The average molecular weight is 347 g/mol. The smallest absolute Gasteiger partial charge is 0.236 e. The summed E-state index contributed by atoms with van der Waals surface area (Å²) in [5.74, 6) is 0.893. The summed E-state index contributed by atoms with van der Waals surface area (Å²) >= 11 is 5.99. The van der Waals surface area contributed by atoms with Gasteiger partial charge in [0, 0.05) is 25.2 Å². The Morgan fingerprint density at radius 3 is 2.38 bits per heavy atom. The van der Waals surface area contributed by atoms with Crippen LogP contribution in [0.1, 0.15) is 11.1 Å². The van der Waals surface area contributed by atoms with Crippen molar-refractivity contribution in [2.75, 3.05) is 27.7 Å². The second-order valence-corrected chi connectivity index (χ2v) is 6.34. The molecule has 0 saturated heterocycles. The molecule has 5 heteroatoms. The Labute approximate surface area is 148 Å². The Morgan fingerprint density at radius 1 is 1.04 bits per heavy atom. The van der Waals surface area contributed by atoms with Gasteiger partial charge in [-0.2, -0.15) is 0 Å². The van der Waals surface area contributed by atoms with Crippen molar-refractivity contribution in [3.8, 4) is 5.75 Å². The lowest BCUT2D eigenvalue weighted by molar-refractivity contribution is -0.131. The van der Waals surface area contributed by atoms with Crippen molar-refractivity contribution in [2.45, 2.75) is 13.1 Å². The summed E-state index contributed by atoms with van der Waals surface area (Å²) in [6.07, 6.45) is 0. The van der Waals surface area contributed by atoms with Gasteiger partial charge in [-0.05, 0) is 42.4 Å². The fraction of sp³-hybridized carbons (Fsp3) is 0.316. The van der Waals surface area contributed by atoms with Crippen LogP contribution in [0.3, 0.4) is 0 Å². The molecule has 128 valence electrons. The third kappa shape index (κ3) is 5.55. The van der Waals surface area contributed by atoms with E-state index in [1.807, 2.05) is 67.5 Å². The molecule has 4 nitrogen and oxygen atoms in total. The lowest BCUT2D eigenvalue weighted by Gasteiger charge is -2.22. The van der Waals surface area contributed by atoms with Crippen LogP contribution in [0.2, 0.25) is 5.02 Å². The van der Waals surface area contributed by atoms with Crippen LogP contribution in [0.4, 0.5) is 0 Å². The lowest BCUT2D eigenvalue weighted by Crippen LogP contribution is -2.36. The van der Waals surface area contributed by atoms with Gasteiger partial charge in [0.2, 0.25) is 5.91 Å². The van der Waals surface area contributed by atoms with Gasteiger partial charge in [0.1, 0.15) is 5.75 Å². The molecule has 0 spiro atoms. The quantitative estimate of drug-likeness (QED) is 0.770. The van der Waals surface area contributed by atoms with E-state index in [0.29, 0.717) is 24.7 Å². The van der Waals surface area contributed by atoms with Crippen LogP contribution in [0.5, 0.6) is 5.75 Å². The SMILES string of the molecule is COc1ccc(CN(C)C(=O)CN(C)Cc2cccc(Cl)c2)cc1. The van der Waals surface area contributed by atoms with Crippen molar-refractivity contribution in [3.05, 3.63) is 64.7 Å². The number of hydrogen-bond donors (Lipinski definition) is 0. The van der Waals surface area contributed by atoms with Crippen LogP contribution in [0.15, 0.2) is 48.5 Å². The average Bonchev–Trinajstić information content (AvgIpc) is 2.55. The maximum absolute atomic E-state index is 12.4. The van der Waals surface area contributed by atoms with Crippen molar-refractivity contribution in [1.29, 1.82) is 0 Å². The molecule has 0 unspecified atom stereocenters. The van der Waals surface area contributed by atoms with Gasteiger partial charge >= 0.3 is 0 Å². The third-order valence-corrected chi connectivity index (χ3v) is 3.99. The molecule has 2 rings (SSSR count). The van der Waals surface area contributed by atoms with Crippen LogP contribution < -0.4 is 4.74 Å². The number of ether oxygens (including phenoxy) is 1. The molecule has 2 aromatic carbocycles. The molecule has 1 amide bonds. The fourth-order valence-electron chi connectivity index (χ4n) is 2.45. The minimum Gasteiger partial charge on any atom is -0.497 e. The van der Waals surface area contributed by atoms with E-state index in [-0.39, 0.29) is 5.91 Å². The largest absolute Gasteiger partial charge is 0.497 e. The van der Waals surface area contributed by atoms with E-state index in [2.05, 4.69) is 0 Å². The van der Waals surface area contributed by atoms with Gasteiger partial charge in [0.15, 0.2) is 0 Å². The summed E-state index contributed by atoms with van der Waals surface area (Å²) in [7, 11) is 5.39. The molecular formula is C19H23ClN2O2. The second kappa shape index (κ2) is 8.71. The zero-order valence-electron chi connectivity index (χ0n) is 14.3. The summed E-state index contributed by atoms with van der Waals surface area (Å²) < 4.78 is 5.14. The minimum absolute atomic E-state index is 0.0790. The van der Waals surface area contributed by atoms with Crippen molar-refractivity contribution in [1.82, 2.24) is 9.80 Å². The first-order chi connectivity index (χ1) is 11.5. The van der Waals surface area contributed by atoms with E-state index in [9.17, 15) is 4.79 Å². The van der Waals surface area contributed by atoms with Gasteiger partial charge in [-0.1, -0.05) is 35.9 Å². The van der Waals surface area contributed by atoms with Crippen LogP contribution in [0, 0.1) is 0 Å². The van der Waals surface area contributed by atoms with E-state index in [4.69, 9.17) is 16.3 Å². The maximum atomic E-state index is 12.4. The maximum Gasteiger partial charge on any atom is 0.236 e. The topological polar surface area (TPSA) is 32.8 Å². The normalized spacial score (nSPS) is 10.7. The fourth-order valence-corrected chi connectivity index (χ4v) is 2.66. The van der Waals surface area contributed by atoms with E-state index >= 15 is 0 Å². The molecule has 0 N–H and O–H groups in total. The first-order valence-electron chi connectivity index (χ1n) is 7.78. The highest BCUT2D eigenvalue weighted by Gasteiger charge is 2.12. The monoisotopic (exact) mass is 346 g/mol. The molecule has 0 aromatic heterocycles. The van der Waals surface area contributed by atoms with E-state index < -0.39 is 0 Å². The highest BCUT2D eigenvalue weighted by Crippen LogP contribution is 2.14. The Morgan fingerprint density at radius 2 is 1.75 bits per heavy atom. The lowest BCUT2D eigenvalue weighted by atomic mass is 10.2. The Bertz CT molecular complexity index is 673. The van der Waals surface area contributed by atoms with Gasteiger partial charge < -0.3 is 9.64 Å². The number of hydrogen-bond acceptors (Lipinski definition) is 3. The summed E-state index contributed by atoms with van der Waals surface area (Å²) in [6, 6.07) is 15.4. The number of methoxy groups -OCH3 is 1. The van der Waals surface area contributed by atoms with Crippen LogP contribution in [-0.4, -0.2) is 43.5 Å². The van der Waals surface area contributed by atoms with Crippen molar-refractivity contribution < 1.29 is 9.53 Å². The number of amides is 1. The molecule has 0 aliphatic rings. The predicted octanol–water partition coefficient (Wildman–Crippen LogP) is 3.44. The van der Waals surface area contributed by atoms with Gasteiger partial charge in [0.25, 0.3) is 0 Å². The van der Waals surface area contributed by atoms with Crippen LogP contribution in [-0.2, 0) is 17.9 Å². The number of nitrogens with zero attached hydrogens (tertiary/aromatic N) is 2. The molecular weight excluding hydrogens is 324 g/mol. The number of benzene rings is 2. The molecule has 0 fully saturated rings. The molecule has 0 radical (unpaired) electrons. The highest BCUT2D eigenvalue weighted by atomic mass is 35.5. The van der Waals surface area contributed by atoms with E-state index in [1.165, 1.54) is 0 Å². The third-order valence-electron chi connectivity index (χ3n) is 3.75. The number of carbonyl (C=O) groups excluding carboxylic acids is 1. The Kier molecular flexibility index (Phi) is 6.64. The van der Waals surface area contributed by atoms with Crippen LogP contribution >= 0.6 is 11.6 Å². The molecule has 2 aromatic rings. The predicted molar refractivity (Wildman–Crippen MR) is 97.3 cm³/mol. The zero-order chi connectivity index (χ0) is 17.5. The van der Waals surface area contributed by atoms with Crippen LogP contribution in [0.25, 0.3) is 0 Å². The van der Waals surface area contributed by atoms with Crippen molar-refractivity contribution in [2.24, 2.45) is 0 Å². The standard InChI is InChI=1S/C19H23ClN2O2/c1-21(12-16-5-4-6-17(20)11-16)14-19(23)22(2)13-15-7-9-18(24-3)10-8-15/h4-11H,12-14H2,1-3H3. The van der Waals surface area contributed by atoms with Crippen molar-refractivity contribution >= 4 is 17.5 Å². The molecule has 0 bridgehead atoms. The molecule has 0 aliphatic carbocycles. The minimum atomic E-state index is 0.0790. The van der Waals surface area contributed by atoms with E-state index in [0.717, 1.165) is 16.9 Å². The Hall–Kier alpha value is -2.04. The first kappa shape index (κ1) is 18.3. The van der Waals surface area contributed by atoms with Crippen molar-refractivity contribution in [3.63, 3.8) is 0 Å². The molecule has 24 heavy (non-hydrogen) atoms. The first-order valence-corrected chi connectivity index (χ1v) is 8.15. The summed E-state index contributed by atoms with van der Waals surface area (Å²) in [6.45, 7) is 1.62.